The fourth-order valence-corrected chi connectivity index (χ4v) is 9.82. The molecule has 0 saturated heterocycles. The van der Waals surface area contributed by atoms with Crippen LogP contribution in [0.15, 0.2) is 24.3 Å². The maximum atomic E-state index is 14.6. The molecule has 32 heteroatoms. The van der Waals surface area contributed by atoms with E-state index in [0.717, 1.165) is 18.2 Å². The number of alkyl halides is 26. The summed E-state index contributed by atoms with van der Waals surface area (Å²) < 4.78 is 361. The summed E-state index contributed by atoms with van der Waals surface area (Å²) >= 11 is 0.299. The van der Waals surface area contributed by atoms with Gasteiger partial charge >= 0.3 is 77.5 Å². The number of hydrogen-bond acceptors (Lipinski definition) is 6. The normalized spacial score (nSPS) is 19.4. The molecule has 0 aromatic heterocycles. The summed E-state index contributed by atoms with van der Waals surface area (Å²) in [6, 6.07) is 4.55. The third kappa shape index (κ3) is 10.4. The Morgan fingerprint density at radius 2 is 0.987 bits per heavy atom. The summed E-state index contributed by atoms with van der Waals surface area (Å²) in [6.45, 7) is 4.72. The van der Waals surface area contributed by atoms with Crippen molar-refractivity contribution in [1.29, 1.82) is 0 Å². The molecule has 2 aromatic carbocycles. The predicted octanol–water partition coefficient (Wildman–Crippen LogP) is 15.5. The van der Waals surface area contributed by atoms with E-state index >= 15 is 0 Å². The van der Waals surface area contributed by atoms with Crippen molar-refractivity contribution < 1.29 is 134 Å². The van der Waals surface area contributed by atoms with Crippen molar-refractivity contribution in [1.82, 2.24) is 0 Å². The average Bonchev–Trinajstić information content (AvgIpc) is 3.49. The third-order valence-corrected chi connectivity index (χ3v) is 14.6. The van der Waals surface area contributed by atoms with Gasteiger partial charge in [0.15, 0.2) is 5.78 Å². The summed E-state index contributed by atoms with van der Waals surface area (Å²) in [7, 11) is 0. The molecule has 0 radical (unpaired) electrons. The van der Waals surface area contributed by atoms with E-state index in [9.17, 15) is 129 Å². The third-order valence-electron chi connectivity index (χ3n) is 12.5. The van der Waals surface area contributed by atoms with Gasteiger partial charge in [0, 0.05) is 42.2 Å². The Kier molecular flexibility index (Phi) is 17.5. The molecule has 4 rings (SSSR count). The number of rotatable bonds is 23. The van der Waals surface area contributed by atoms with Gasteiger partial charge in [-0.3, -0.25) is 4.79 Å². The Balaban J connectivity index is 1.71. The number of fused-ring (bicyclic) bond motifs is 1. The number of thioether (sulfide) groups is 2. The molecule has 0 saturated carbocycles. The SMILES string of the molecule is CCCCC1C(=O)C2(O)C(=O)Oc3c(cc(CSCCC(F)(F)C(F)(F)C(F)(F)C(F)(F)C(F)(F)C(F)(F)F)cc3C(C)CC)Cc3cc(CSCCC(F)(F)C(F)(F)C(F)(F)C(F)(F)C(F)(F)C(F)(F)F)cc1c32. The standard InChI is InChI=1S/C43H38F26O4S2/c1-4-6-7-24-26-15-20(17-74-10-8-31(44,45)34(48,49)36(52,53)38(56,57)40(60,61)42(64,65)66)12-22-16-23-13-21(14-25(19(3)5-2)28(23)73-30(71)33(72,27(22)26)29(24)70)18-75-11-9-32(46,47)35(50,51)37(54,55)39(58,59)41(62,63)43(67,68)69/h12-15,19,24,72H,4-11,16-18H2,1-3H3. The molecule has 2 aromatic rings. The Morgan fingerprint density at radius 3 is 1.39 bits per heavy atom. The fraction of sp³-hybridized carbons (Fsp3) is 0.674. The molecule has 1 N–H and O–H groups in total. The van der Waals surface area contributed by atoms with Crippen molar-refractivity contribution in [3.8, 4) is 5.75 Å². The second-order valence-corrected chi connectivity index (χ2v) is 19.9. The van der Waals surface area contributed by atoms with Crippen LogP contribution in [0.5, 0.6) is 5.75 Å². The average molecular weight is 1180 g/mol. The Hall–Kier alpha value is -3.58. The van der Waals surface area contributed by atoms with E-state index in [4.69, 9.17) is 4.74 Å². The topological polar surface area (TPSA) is 63.6 Å². The van der Waals surface area contributed by atoms with E-state index in [1.807, 2.05) is 0 Å². The van der Waals surface area contributed by atoms with Gasteiger partial charge in [-0.05, 0) is 63.6 Å². The van der Waals surface area contributed by atoms with Gasteiger partial charge in [0.1, 0.15) is 5.75 Å². The number of halogens is 26. The molecule has 0 fully saturated rings. The van der Waals surface area contributed by atoms with Crippen molar-refractivity contribution in [2.45, 2.75) is 166 Å². The van der Waals surface area contributed by atoms with Crippen LogP contribution in [0.3, 0.4) is 0 Å². The number of ether oxygens (including phenoxy) is 1. The first-order chi connectivity index (χ1) is 33.6. The first kappa shape index (κ1) is 63.9. The molecular formula is C43H38F26O4S2. The number of Topliss-reactive ketones (excluding diaryl/α,β-unsaturated/α-hetero) is 1. The van der Waals surface area contributed by atoms with E-state index in [0.29, 0.717) is 6.42 Å². The molecule has 3 atom stereocenters. The van der Waals surface area contributed by atoms with Gasteiger partial charge in [0.25, 0.3) is 0 Å². The smallest absolute Gasteiger partial charge is 0.423 e. The molecule has 0 bridgehead atoms. The van der Waals surface area contributed by atoms with Crippen LogP contribution < -0.4 is 4.74 Å². The van der Waals surface area contributed by atoms with E-state index in [-0.39, 0.29) is 81.9 Å². The second-order valence-electron chi connectivity index (χ2n) is 17.6. The number of hydrogen-bond donors (Lipinski definition) is 1. The van der Waals surface area contributed by atoms with Crippen LogP contribution in [0.4, 0.5) is 114 Å². The zero-order valence-corrected chi connectivity index (χ0v) is 39.7. The Bertz CT molecular complexity index is 2440. The number of ketones is 1. The minimum Gasteiger partial charge on any atom is -0.423 e. The van der Waals surface area contributed by atoms with Crippen molar-refractivity contribution in [2.75, 3.05) is 11.5 Å². The summed E-state index contributed by atoms with van der Waals surface area (Å²) in [5.41, 5.74) is -3.98. The Labute approximate surface area is 415 Å². The van der Waals surface area contributed by atoms with E-state index < -0.39 is 149 Å². The fourth-order valence-electron chi connectivity index (χ4n) is 7.93. The van der Waals surface area contributed by atoms with Crippen LogP contribution in [0.25, 0.3) is 0 Å². The zero-order valence-electron chi connectivity index (χ0n) is 38.1. The number of carbonyl (C=O) groups is 2. The van der Waals surface area contributed by atoms with Gasteiger partial charge in [-0.1, -0.05) is 57.9 Å². The quantitative estimate of drug-likeness (QED) is 0.0393. The Morgan fingerprint density at radius 1 is 0.587 bits per heavy atom. The van der Waals surface area contributed by atoms with Crippen LogP contribution >= 0.6 is 23.5 Å². The molecule has 0 spiro atoms. The van der Waals surface area contributed by atoms with E-state index in [1.54, 1.807) is 13.8 Å². The van der Waals surface area contributed by atoms with Gasteiger partial charge < -0.3 is 9.84 Å². The van der Waals surface area contributed by atoms with Crippen LogP contribution in [-0.4, -0.2) is 99.9 Å². The first-order valence-electron chi connectivity index (χ1n) is 21.5. The van der Waals surface area contributed by atoms with Crippen LogP contribution in [0, 0.1) is 0 Å². The van der Waals surface area contributed by atoms with Crippen molar-refractivity contribution in [3.63, 3.8) is 0 Å². The van der Waals surface area contributed by atoms with Gasteiger partial charge in [0.2, 0.25) is 5.60 Å². The lowest BCUT2D eigenvalue weighted by Crippen LogP contribution is -2.70. The van der Waals surface area contributed by atoms with Gasteiger partial charge in [-0.25, -0.2) is 4.79 Å². The highest BCUT2D eigenvalue weighted by Gasteiger charge is 2.92. The highest BCUT2D eigenvalue weighted by molar-refractivity contribution is 7.98. The number of aliphatic hydroxyl groups is 1. The van der Waals surface area contributed by atoms with E-state index in [1.165, 1.54) is 13.0 Å². The number of carbonyl (C=O) groups excluding carboxylic acids is 2. The first-order valence-corrected chi connectivity index (χ1v) is 23.8. The lowest BCUT2D eigenvalue weighted by atomic mass is 9.84. The van der Waals surface area contributed by atoms with Crippen molar-refractivity contribution in [3.05, 3.63) is 63.2 Å². The highest BCUT2D eigenvalue weighted by atomic mass is 32.2. The molecule has 0 amide bonds. The minimum absolute atomic E-state index is 0.0267. The summed E-state index contributed by atoms with van der Waals surface area (Å²) in [4.78, 5) is 28.1. The van der Waals surface area contributed by atoms with Crippen LogP contribution in [0.2, 0.25) is 0 Å². The number of benzene rings is 2. The molecule has 2 aliphatic rings. The molecule has 1 aliphatic heterocycles. The summed E-state index contributed by atoms with van der Waals surface area (Å²) in [5.74, 6) is -85.4. The van der Waals surface area contributed by atoms with Crippen LogP contribution in [-0.2, 0) is 33.1 Å². The summed E-state index contributed by atoms with van der Waals surface area (Å²) in [5, 5.41) is 12.0. The lowest BCUT2D eigenvalue weighted by molar-refractivity contribution is -0.439. The van der Waals surface area contributed by atoms with Crippen molar-refractivity contribution in [2.24, 2.45) is 0 Å². The maximum absolute atomic E-state index is 14.6. The number of unbranched alkanes of at least 4 members (excludes halogenated alkanes) is 1. The lowest BCUT2D eigenvalue weighted by Gasteiger charge is -2.39. The largest absolute Gasteiger partial charge is 0.460 e. The molecule has 1 aliphatic carbocycles. The number of esters is 1. The second kappa shape index (κ2) is 20.6. The molecule has 1 heterocycles. The molecule has 3 unspecified atom stereocenters. The van der Waals surface area contributed by atoms with Crippen LogP contribution in [0.1, 0.15) is 110 Å². The monoisotopic (exact) mass is 1180 g/mol. The molecular weight excluding hydrogens is 1140 g/mol. The maximum Gasteiger partial charge on any atom is 0.460 e. The predicted molar refractivity (Wildman–Crippen MR) is 214 cm³/mol. The minimum atomic E-state index is -8.12. The van der Waals surface area contributed by atoms with Gasteiger partial charge in [0.05, 0.1) is 0 Å². The van der Waals surface area contributed by atoms with Gasteiger partial charge in [-0.2, -0.15) is 138 Å². The molecule has 428 valence electrons. The highest BCUT2D eigenvalue weighted by Crippen LogP contribution is 2.63. The zero-order chi connectivity index (χ0) is 58.2. The molecule has 75 heavy (non-hydrogen) atoms. The van der Waals surface area contributed by atoms with Gasteiger partial charge in [-0.15, -0.1) is 0 Å². The van der Waals surface area contributed by atoms with Crippen molar-refractivity contribution >= 4 is 35.3 Å². The molecule has 4 nitrogen and oxygen atoms in total. The van der Waals surface area contributed by atoms with E-state index in [2.05, 4.69) is 0 Å². The summed E-state index contributed by atoms with van der Waals surface area (Å²) in [6.07, 6.45) is -20.2.